The molecule has 1 amide bonds. The first-order valence-electron chi connectivity index (χ1n) is 11.0. The molecule has 3 aliphatic rings. The van der Waals surface area contributed by atoms with E-state index in [1.54, 1.807) is 11.3 Å². The van der Waals surface area contributed by atoms with E-state index < -0.39 is 5.97 Å². The van der Waals surface area contributed by atoms with Gasteiger partial charge in [-0.3, -0.25) is 9.59 Å². The number of rotatable bonds is 8. The maximum absolute atomic E-state index is 13.1. The minimum absolute atomic E-state index is 0.0481. The maximum atomic E-state index is 13.1. The fraction of sp³-hybridized carbons (Fsp3) is 0.520. The van der Waals surface area contributed by atoms with Crippen molar-refractivity contribution < 1.29 is 14.7 Å². The Balaban J connectivity index is 1.43. The first kappa shape index (κ1) is 21.1. The molecular formula is C25H31NO3S. The van der Waals surface area contributed by atoms with Crippen LogP contribution in [0.3, 0.4) is 0 Å². The molecule has 3 aliphatic carbocycles. The van der Waals surface area contributed by atoms with Gasteiger partial charge >= 0.3 is 5.97 Å². The minimum atomic E-state index is -0.735. The van der Waals surface area contributed by atoms with Gasteiger partial charge in [0.2, 0.25) is 0 Å². The molecule has 3 saturated carbocycles. The predicted molar refractivity (Wildman–Crippen MR) is 122 cm³/mol. The number of amides is 1. The molecule has 1 aromatic heterocycles. The Morgan fingerprint density at radius 3 is 2.80 bits per heavy atom. The van der Waals surface area contributed by atoms with E-state index in [-0.39, 0.29) is 18.4 Å². The second-order valence-electron chi connectivity index (χ2n) is 9.48. The normalized spacial score (nSPS) is 27.1. The zero-order valence-electron chi connectivity index (χ0n) is 17.8. The predicted octanol–water partition coefficient (Wildman–Crippen LogP) is 5.88. The number of thiophene rings is 1. The molecule has 4 atom stereocenters. The standard InChI is InChI=1S/C25H31NO3S/c1-25(2)16-13-20(25)18(10-5-3-4-6-12-23(27)28)21(14-16)26-24(29)19-15-30-22-11-8-7-9-17(19)22/h3,5,7-9,11,15-16,18,20-21H,4,6,10,12-14H2,1-2H3,(H,26,29)(H,27,28)/t16-,18+,20+,21+/m0/s1. The first-order chi connectivity index (χ1) is 14.4. The molecule has 2 bridgehead atoms. The van der Waals surface area contributed by atoms with Crippen molar-refractivity contribution in [3.05, 3.63) is 47.4 Å². The highest BCUT2D eigenvalue weighted by molar-refractivity contribution is 7.17. The number of allylic oxidation sites excluding steroid dienone is 2. The summed E-state index contributed by atoms with van der Waals surface area (Å²) in [5, 5.41) is 15.2. The third kappa shape index (κ3) is 4.04. The van der Waals surface area contributed by atoms with Crippen molar-refractivity contribution in [2.24, 2.45) is 23.2 Å². The molecule has 1 aromatic carbocycles. The van der Waals surface area contributed by atoms with Crippen LogP contribution in [0.15, 0.2) is 41.8 Å². The summed E-state index contributed by atoms with van der Waals surface area (Å²) < 4.78 is 1.15. The van der Waals surface area contributed by atoms with Gasteiger partial charge in [0.15, 0.2) is 0 Å². The number of carbonyl (C=O) groups is 2. The zero-order valence-corrected chi connectivity index (χ0v) is 18.6. The van der Waals surface area contributed by atoms with Gasteiger partial charge in [0.1, 0.15) is 0 Å². The molecule has 0 aliphatic heterocycles. The van der Waals surface area contributed by atoms with Crippen molar-refractivity contribution >= 4 is 33.3 Å². The van der Waals surface area contributed by atoms with Crippen molar-refractivity contribution in [1.82, 2.24) is 5.32 Å². The monoisotopic (exact) mass is 425 g/mol. The van der Waals surface area contributed by atoms with E-state index in [0.29, 0.717) is 29.6 Å². The van der Waals surface area contributed by atoms with E-state index in [1.807, 2.05) is 23.6 Å². The lowest BCUT2D eigenvalue weighted by molar-refractivity contribution is -0.137. The summed E-state index contributed by atoms with van der Waals surface area (Å²) in [6.07, 6.45) is 9.29. The number of carboxylic acid groups (broad SMARTS) is 1. The number of nitrogens with one attached hydrogen (secondary N) is 1. The van der Waals surface area contributed by atoms with Crippen LogP contribution in [-0.2, 0) is 4.79 Å². The number of carboxylic acids is 1. The van der Waals surface area contributed by atoms with Crippen molar-refractivity contribution in [1.29, 1.82) is 0 Å². The molecule has 2 N–H and O–H groups in total. The van der Waals surface area contributed by atoms with Crippen LogP contribution in [-0.4, -0.2) is 23.0 Å². The molecule has 5 heteroatoms. The van der Waals surface area contributed by atoms with E-state index in [2.05, 4.69) is 37.4 Å². The lowest BCUT2D eigenvalue weighted by Crippen LogP contribution is -2.61. The maximum Gasteiger partial charge on any atom is 0.303 e. The van der Waals surface area contributed by atoms with Crippen molar-refractivity contribution in [3.63, 3.8) is 0 Å². The van der Waals surface area contributed by atoms with Gasteiger partial charge in [0.25, 0.3) is 5.91 Å². The number of hydrogen-bond donors (Lipinski definition) is 2. The number of unbranched alkanes of at least 4 members (excludes halogenated alkanes) is 1. The third-order valence-corrected chi connectivity index (χ3v) is 8.46. The van der Waals surface area contributed by atoms with Crippen LogP contribution >= 0.6 is 11.3 Å². The van der Waals surface area contributed by atoms with Gasteiger partial charge in [-0.25, -0.2) is 0 Å². The van der Waals surface area contributed by atoms with Crippen LogP contribution in [0.4, 0.5) is 0 Å². The summed E-state index contributed by atoms with van der Waals surface area (Å²) in [6.45, 7) is 4.75. The van der Waals surface area contributed by atoms with E-state index in [9.17, 15) is 9.59 Å². The van der Waals surface area contributed by atoms with Crippen LogP contribution in [0.5, 0.6) is 0 Å². The highest BCUT2D eigenvalue weighted by Crippen LogP contribution is 2.62. The SMILES string of the molecule is CC1(C)[C@H]2C[C@@H]1[C@@H](CC=CCCCC(=O)O)[C@H](NC(=O)c1csc3ccccc13)C2. The quantitative estimate of drug-likeness (QED) is 0.410. The molecule has 1 heterocycles. The lowest BCUT2D eigenvalue weighted by Gasteiger charge is -2.62. The van der Waals surface area contributed by atoms with Crippen molar-refractivity contribution in [2.75, 3.05) is 0 Å². The van der Waals surface area contributed by atoms with E-state index in [1.165, 1.54) is 6.42 Å². The summed E-state index contributed by atoms with van der Waals surface area (Å²) in [5.74, 6) is 1.07. The molecule has 5 rings (SSSR count). The number of benzene rings is 1. The lowest BCUT2D eigenvalue weighted by atomic mass is 9.44. The summed E-state index contributed by atoms with van der Waals surface area (Å²) in [5.41, 5.74) is 1.13. The van der Waals surface area contributed by atoms with Crippen LogP contribution < -0.4 is 5.32 Å². The van der Waals surface area contributed by atoms with Crippen LogP contribution in [0.1, 0.15) is 62.7 Å². The largest absolute Gasteiger partial charge is 0.481 e. The Labute approximate surface area is 182 Å². The molecule has 4 nitrogen and oxygen atoms in total. The van der Waals surface area contributed by atoms with Gasteiger partial charge < -0.3 is 10.4 Å². The summed E-state index contributed by atoms with van der Waals surface area (Å²) in [6, 6.07) is 8.29. The fourth-order valence-corrected chi connectivity index (χ4v) is 6.52. The molecule has 0 unspecified atom stereocenters. The Bertz CT molecular complexity index is 960. The van der Waals surface area contributed by atoms with E-state index >= 15 is 0 Å². The third-order valence-electron chi connectivity index (χ3n) is 7.50. The van der Waals surface area contributed by atoms with E-state index in [0.717, 1.165) is 34.9 Å². The molecule has 30 heavy (non-hydrogen) atoms. The number of carbonyl (C=O) groups excluding carboxylic acids is 1. The van der Waals surface area contributed by atoms with Gasteiger partial charge in [0.05, 0.1) is 5.56 Å². The molecule has 0 spiro atoms. The minimum Gasteiger partial charge on any atom is -0.481 e. The molecule has 160 valence electrons. The van der Waals surface area contributed by atoms with Gasteiger partial charge in [-0.15, -0.1) is 11.3 Å². The number of fused-ring (bicyclic) bond motifs is 3. The fourth-order valence-electron chi connectivity index (χ4n) is 5.58. The Kier molecular flexibility index (Phi) is 6.01. The van der Waals surface area contributed by atoms with E-state index in [4.69, 9.17) is 5.11 Å². The number of hydrogen-bond acceptors (Lipinski definition) is 3. The Hall–Kier alpha value is -2.14. The van der Waals surface area contributed by atoms with Gasteiger partial charge in [0, 0.05) is 27.9 Å². The molecule has 2 aromatic rings. The van der Waals surface area contributed by atoms with Crippen LogP contribution in [0.2, 0.25) is 0 Å². The molecule has 0 radical (unpaired) electrons. The molecular weight excluding hydrogens is 394 g/mol. The molecule has 3 fully saturated rings. The first-order valence-corrected chi connectivity index (χ1v) is 11.9. The van der Waals surface area contributed by atoms with Crippen molar-refractivity contribution in [3.8, 4) is 0 Å². The highest BCUT2D eigenvalue weighted by atomic mass is 32.1. The van der Waals surface area contributed by atoms with Crippen molar-refractivity contribution in [2.45, 2.75) is 58.4 Å². The second-order valence-corrected chi connectivity index (χ2v) is 10.4. The topological polar surface area (TPSA) is 66.4 Å². The summed E-state index contributed by atoms with van der Waals surface area (Å²) in [4.78, 5) is 23.8. The Morgan fingerprint density at radius 1 is 1.23 bits per heavy atom. The van der Waals surface area contributed by atoms with Gasteiger partial charge in [-0.2, -0.15) is 0 Å². The summed E-state index contributed by atoms with van der Waals surface area (Å²) in [7, 11) is 0. The second kappa shape index (κ2) is 8.54. The number of aliphatic carboxylic acids is 1. The smallest absolute Gasteiger partial charge is 0.303 e. The Morgan fingerprint density at radius 2 is 2.03 bits per heavy atom. The average Bonchev–Trinajstić information content (AvgIpc) is 3.15. The van der Waals surface area contributed by atoms with Gasteiger partial charge in [-0.05, 0) is 61.3 Å². The zero-order chi connectivity index (χ0) is 21.3. The van der Waals surface area contributed by atoms with Crippen LogP contribution in [0.25, 0.3) is 10.1 Å². The molecule has 0 saturated heterocycles. The average molecular weight is 426 g/mol. The van der Waals surface area contributed by atoms with Gasteiger partial charge in [-0.1, -0.05) is 44.2 Å². The summed E-state index contributed by atoms with van der Waals surface area (Å²) >= 11 is 1.62. The van der Waals surface area contributed by atoms with Crippen LogP contribution in [0, 0.1) is 23.2 Å². The highest BCUT2D eigenvalue weighted by Gasteiger charge is 2.57.